The minimum Gasteiger partial charge on any atom is -0.368 e. The lowest BCUT2D eigenvalue weighted by atomic mass is 9.97. The van der Waals surface area contributed by atoms with Gasteiger partial charge in [0.15, 0.2) is 0 Å². The molecule has 0 aromatic heterocycles. The number of rotatable bonds is 13. The van der Waals surface area contributed by atoms with E-state index in [1.54, 1.807) is 6.21 Å². The number of aryl methyl sites for hydroxylation is 2. The Kier molecular flexibility index (Phi) is 12.9. The summed E-state index contributed by atoms with van der Waals surface area (Å²) in [4.78, 5) is 10.9. The van der Waals surface area contributed by atoms with Crippen LogP contribution in [0.5, 0.6) is 0 Å². The van der Waals surface area contributed by atoms with Gasteiger partial charge in [0.05, 0.1) is 5.69 Å². The van der Waals surface area contributed by atoms with E-state index in [0.29, 0.717) is 5.96 Å². The molecular weight excluding hydrogens is 344 g/mol. The summed E-state index contributed by atoms with van der Waals surface area (Å²) in [6.45, 7) is 8.61. The van der Waals surface area contributed by atoms with Crippen molar-refractivity contribution in [1.29, 1.82) is 0 Å². The van der Waals surface area contributed by atoms with Crippen LogP contribution < -0.4 is 5.73 Å². The summed E-state index contributed by atoms with van der Waals surface area (Å²) in [7, 11) is 2.23. The fraction of sp³-hybridized carbons (Fsp3) is 0.583. The lowest BCUT2D eigenvalue weighted by molar-refractivity contribution is 0.323. The molecule has 1 aromatic carbocycles. The molecule has 4 nitrogen and oxygen atoms in total. The van der Waals surface area contributed by atoms with Crippen LogP contribution in [0, 0.1) is 0 Å². The van der Waals surface area contributed by atoms with E-state index >= 15 is 0 Å². The largest absolute Gasteiger partial charge is 0.368 e. The number of hydrogen-bond acceptors (Lipinski definition) is 2. The van der Waals surface area contributed by atoms with Gasteiger partial charge < -0.3 is 10.6 Å². The van der Waals surface area contributed by atoms with Gasteiger partial charge in [0, 0.05) is 6.21 Å². The zero-order valence-corrected chi connectivity index (χ0v) is 18.5. The fourth-order valence-corrected chi connectivity index (χ4v) is 3.23. The highest BCUT2D eigenvalue weighted by Gasteiger charge is 2.06. The van der Waals surface area contributed by atoms with E-state index < -0.39 is 0 Å². The molecule has 1 aromatic rings. The molecule has 4 heteroatoms. The molecule has 28 heavy (non-hydrogen) atoms. The van der Waals surface area contributed by atoms with Crippen molar-refractivity contribution in [1.82, 2.24) is 4.90 Å². The van der Waals surface area contributed by atoms with Gasteiger partial charge >= 0.3 is 0 Å². The molecule has 0 aliphatic carbocycles. The number of allylic oxidation sites excluding steroid dienone is 2. The molecule has 2 N–H and O–H groups in total. The maximum absolute atomic E-state index is 5.85. The number of hydrogen-bond donors (Lipinski definition) is 1. The zero-order valence-electron chi connectivity index (χ0n) is 18.5. The molecule has 0 unspecified atom stereocenters. The molecule has 1 rings (SSSR count). The summed E-state index contributed by atoms with van der Waals surface area (Å²) in [5.74, 6) is 0.310. The van der Waals surface area contributed by atoms with E-state index in [1.807, 2.05) is 6.92 Å². The van der Waals surface area contributed by atoms with E-state index in [2.05, 4.69) is 66.1 Å². The minimum atomic E-state index is 0.310. The number of nitrogens with zero attached hydrogens (tertiary/aromatic N) is 3. The molecule has 0 atom stereocenters. The normalized spacial score (nSPS) is 12.7. The van der Waals surface area contributed by atoms with Gasteiger partial charge in [-0.15, -0.1) is 0 Å². The number of nitrogens with two attached hydrogens (primary N) is 1. The first-order valence-corrected chi connectivity index (χ1v) is 10.9. The summed E-state index contributed by atoms with van der Waals surface area (Å²) < 4.78 is 0. The van der Waals surface area contributed by atoms with Crippen molar-refractivity contribution in [2.45, 2.75) is 72.1 Å². The Morgan fingerprint density at radius 1 is 1.04 bits per heavy atom. The summed E-state index contributed by atoms with van der Waals surface area (Å²) >= 11 is 0. The first-order valence-electron chi connectivity index (χ1n) is 10.9. The molecule has 0 saturated carbocycles. The highest BCUT2D eigenvalue weighted by atomic mass is 15.1. The average molecular weight is 385 g/mol. The summed E-state index contributed by atoms with van der Waals surface area (Å²) in [6.07, 6.45) is 15.5. The Hall–Kier alpha value is -1.94. The molecule has 0 fully saturated rings. The van der Waals surface area contributed by atoms with Crippen LogP contribution in [0.25, 0.3) is 0 Å². The molecule has 0 aliphatic rings. The molecule has 0 amide bonds. The highest BCUT2D eigenvalue weighted by Crippen LogP contribution is 2.22. The SMILES string of the molecule is C/C=N/C(N)=Nc1ccc(CCCN(C)CCCC)c(CCC/C=C/CC)c1. The van der Waals surface area contributed by atoms with Crippen LogP contribution in [0.15, 0.2) is 40.3 Å². The number of aliphatic imine (C=N–C) groups is 2. The van der Waals surface area contributed by atoms with E-state index in [0.717, 1.165) is 44.3 Å². The Bertz CT molecular complexity index is 631. The van der Waals surface area contributed by atoms with Crippen LogP contribution in [0.3, 0.4) is 0 Å². The second kappa shape index (κ2) is 15.0. The molecular formula is C24H40N4. The zero-order chi connectivity index (χ0) is 20.6. The number of unbranched alkanes of at least 4 members (excludes halogenated alkanes) is 2. The van der Waals surface area contributed by atoms with Gasteiger partial charge in [0.25, 0.3) is 0 Å². The monoisotopic (exact) mass is 384 g/mol. The van der Waals surface area contributed by atoms with Crippen LogP contribution in [0.4, 0.5) is 5.69 Å². The first-order chi connectivity index (χ1) is 13.6. The lowest BCUT2D eigenvalue weighted by Crippen LogP contribution is -2.21. The Labute approximate surface area is 172 Å². The van der Waals surface area contributed by atoms with Gasteiger partial charge in [-0.2, -0.15) is 0 Å². The van der Waals surface area contributed by atoms with Crippen LogP contribution in [0.2, 0.25) is 0 Å². The van der Waals surface area contributed by atoms with Crippen LogP contribution in [-0.2, 0) is 12.8 Å². The number of guanidine groups is 1. The molecule has 0 saturated heterocycles. The average Bonchev–Trinajstić information content (AvgIpc) is 2.67. The maximum Gasteiger partial charge on any atom is 0.220 e. The Morgan fingerprint density at radius 2 is 1.79 bits per heavy atom. The van der Waals surface area contributed by atoms with E-state index in [9.17, 15) is 0 Å². The van der Waals surface area contributed by atoms with Gasteiger partial charge in [-0.3, -0.25) is 0 Å². The number of benzene rings is 1. The van der Waals surface area contributed by atoms with Crippen LogP contribution in [0.1, 0.15) is 70.4 Å². The van der Waals surface area contributed by atoms with E-state index in [-0.39, 0.29) is 0 Å². The second-order valence-corrected chi connectivity index (χ2v) is 7.34. The maximum atomic E-state index is 5.85. The van der Waals surface area contributed by atoms with Crippen LogP contribution in [-0.4, -0.2) is 37.2 Å². The van der Waals surface area contributed by atoms with Gasteiger partial charge in [0.1, 0.15) is 0 Å². The van der Waals surface area contributed by atoms with Crippen molar-refractivity contribution in [2.24, 2.45) is 15.7 Å². The first kappa shape index (κ1) is 24.1. The fourth-order valence-electron chi connectivity index (χ4n) is 3.23. The topological polar surface area (TPSA) is 54.0 Å². The lowest BCUT2D eigenvalue weighted by Gasteiger charge is -2.17. The molecule has 0 spiro atoms. The molecule has 156 valence electrons. The predicted octanol–water partition coefficient (Wildman–Crippen LogP) is 5.68. The summed E-state index contributed by atoms with van der Waals surface area (Å²) in [5, 5.41) is 0. The van der Waals surface area contributed by atoms with E-state index in [4.69, 9.17) is 5.73 Å². The van der Waals surface area contributed by atoms with E-state index in [1.165, 1.54) is 36.9 Å². The molecule has 0 radical (unpaired) electrons. The standard InChI is InChI=1S/C24H40N4/c1-5-8-10-11-12-14-22-20-23(27-24(25)26-7-3)17-16-21(22)15-13-19-28(4)18-9-6-2/h7-8,10,16-17,20H,5-6,9,11-15,18-19H2,1-4H3,(H2,25,27)/b10-8+,26-7+. The predicted molar refractivity (Wildman–Crippen MR) is 125 cm³/mol. The minimum absolute atomic E-state index is 0.310. The third-order valence-corrected chi connectivity index (χ3v) is 4.79. The highest BCUT2D eigenvalue weighted by molar-refractivity contribution is 5.87. The van der Waals surface area contributed by atoms with Gasteiger partial charge in [-0.25, -0.2) is 9.98 Å². The van der Waals surface area contributed by atoms with Gasteiger partial charge in [0.2, 0.25) is 5.96 Å². The van der Waals surface area contributed by atoms with Gasteiger partial charge in [-0.05, 0) is 95.3 Å². The second-order valence-electron chi connectivity index (χ2n) is 7.34. The van der Waals surface area contributed by atoms with Crippen molar-refractivity contribution in [3.05, 3.63) is 41.5 Å². The smallest absolute Gasteiger partial charge is 0.220 e. The van der Waals surface area contributed by atoms with Crippen LogP contribution >= 0.6 is 0 Å². The quantitative estimate of drug-likeness (QED) is 0.206. The molecule has 0 heterocycles. The molecule has 0 bridgehead atoms. The van der Waals surface area contributed by atoms with Crippen molar-refractivity contribution >= 4 is 17.9 Å². The van der Waals surface area contributed by atoms with Crippen molar-refractivity contribution < 1.29 is 0 Å². The summed E-state index contributed by atoms with van der Waals surface area (Å²) in [5.41, 5.74) is 9.59. The third kappa shape index (κ3) is 10.4. The third-order valence-electron chi connectivity index (χ3n) is 4.79. The van der Waals surface area contributed by atoms with Crippen molar-refractivity contribution in [3.63, 3.8) is 0 Å². The Morgan fingerprint density at radius 3 is 2.50 bits per heavy atom. The van der Waals surface area contributed by atoms with Gasteiger partial charge in [-0.1, -0.05) is 38.5 Å². The Balaban J connectivity index is 2.78. The van der Waals surface area contributed by atoms with Crippen molar-refractivity contribution in [2.75, 3.05) is 20.1 Å². The van der Waals surface area contributed by atoms with Crippen molar-refractivity contribution in [3.8, 4) is 0 Å². The summed E-state index contributed by atoms with van der Waals surface area (Å²) in [6, 6.07) is 6.48. The molecule has 0 aliphatic heterocycles.